The van der Waals surface area contributed by atoms with Crippen molar-refractivity contribution in [1.82, 2.24) is 9.97 Å². The molecule has 3 N–H and O–H groups in total. The van der Waals surface area contributed by atoms with Crippen molar-refractivity contribution < 1.29 is 33.8 Å². The number of nitriles is 2. The third-order valence-electron chi connectivity index (χ3n) is 6.48. The molecule has 2 heterocycles. The summed E-state index contributed by atoms with van der Waals surface area (Å²) in [7, 11) is 6.16. The van der Waals surface area contributed by atoms with E-state index in [-0.39, 0.29) is 43.2 Å². The monoisotopic (exact) mass is 722 g/mol. The number of rotatable bonds is 14. The van der Waals surface area contributed by atoms with Crippen LogP contribution in [0.15, 0.2) is 58.9 Å². The molecule has 49 heavy (non-hydrogen) atoms. The molecule has 0 spiro atoms. The molecule has 0 bridgehead atoms. The van der Waals surface area contributed by atoms with Gasteiger partial charge < -0.3 is 34.7 Å². The summed E-state index contributed by atoms with van der Waals surface area (Å²) in [6.45, 7) is 1.10. The van der Waals surface area contributed by atoms with Gasteiger partial charge in [-0.15, -0.1) is 11.3 Å². The van der Waals surface area contributed by atoms with E-state index >= 15 is 0 Å². The van der Waals surface area contributed by atoms with Crippen LogP contribution in [0.5, 0.6) is 5.75 Å². The lowest BCUT2D eigenvalue weighted by Gasteiger charge is -2.21. The molecule has 4 aromatic rings. The average molecular weight is 723 g/mol. The van der Waals surface area contributed by atoms with E-state index in [1.165, 1.54) is 23.1 Å². The Kier molecular flexibility index (Phi) is 14.8. The summed E-state index contributed by atoms with van der Waals surface area (Å²) in [6, 6.07) is 18.3. The number of aliphatic carboxylic acids is 1. The Morgan fingerprint density at radius 2 is 1.65 bits per heavy atom. The zero-order valence-corrected chi connectivity index (χ0v) is 29.5. The fraction of sp³-hybridized carbons (Fsp3) is 0.294. The number of carbonyl (C=O) groups excluding carboxylic acids is 2. The number of hydrogen-bond donors (Lipinski definition) is 2. The molecule has 256 valence electrons. The van der Waals surface area contributed by atoms with E-state index < -0.39 is 18.4 Å². The van der Waals surface area contributed by atoms with Crippen LogP contribution in [-0.2, 0) is 20.1 Å². The van der Waals surface area contributed by atoms with Crippen LogP contribution in [0.2, 0.25) is 5.02 Å². The number of thioether (sulfide) groups is 1. The molecule has 0 saturated heterocycles. The first-order valence-corrected chi connectivity index (χ1v) is 17.1. The van der Waals surface area contributed by atoms with Crippen LogP contribution in [0, 0.1) is 22.7 Å². The number of aliphatic hydroxyl groups excluding tert-OH is 1. The standard InChI is InChI=1S/C29H22ClN5O5S2.C5H14NO/c30-19-5-1-18(2-6-19)28-34-20(15-41-28)16-42-29-23(14-32)26(22(13-31)27(33)35-29)17-3-7-21(8-4-17)39-11-12-40-25(38)10-9-24(36)37;1-6(2,3)4-5-7/h1-8,15H,9-12,16H2,(H2,33,35)(H,36,37);7H,4-5H2,1-3H3/q;+1/p-1. The van der Waals surface area contributed by atoms with Gasteiger partial charge in [0, 0.05) is 33.3 Å². The molecule has 0 atom stereocenters. The minimum absolute atomic E-state index is 0.00922. The Hall–Kier alpha value is -4.70. The number of hydrogen-bond acceptors (Lipinski definition) is 13. The smallest absolute Gasteiger partial charge is 0.306 e. The Bertz CT molecular complexity index is 1810. The number of carboxylic acids is 1. The van der Waals surface area contributed by atoms with Gasteiger partial charge in [0.1, 0.15) is 59.1 Å². The molecule has 15 heteroatoms. The van der Waals surface area contributed by atoms with Gasteiger partial charge >= 0.3 is 5.97 Å². The van der Waals surface area contributed by atoms with Gasteiger partial charge in [0.05, 0.1) is 45.4 Å². The number of benzene rings is 2. The first-order chi connectivity index (χ1) is 23.3. The van der Waals surface area contributed by atoms with Crippen molar-refractivity contribution in [1.29, 1.82) is 10.5 Å². The molecule has 2 aromatic heterocycles. The number of aliphatic hydroxyl groups is 1. The SMILES string of the molecule is C[N+](C)(C)CCO.N#Cc1c(N)nc(SCc2csc(-c3ccc(Cl)cc3)n2)c(C#N)c1-c1ccc(OCCOC(=O)CCC(=O)[O-])cc1. The minimum atomic E-state index is -1.33. The molecule has 0 radical (unpaired) electrons. The molecule has 0 amide bonds. The summed E-state index contributed by atoms with van der Waals surface area (Å²) in [4.78, 5) is 30.9. The number of quaternary nitrogens is 1. The molecule has 4 rings (SSSR count). The number of nitrogen functional groups attached to an aromatic ring is 1. The molecule has 0 aliphatic rings. The molecular weight excluding hydrogens is 688 g/mol. The Labute approximate surface area is 297 Å². The third kappa shape index (κ3) is 12.4. The van der Waals surface area contributed by atoms with E-state index in [2.05, 4.69) is 43.2 Å². The van der Waals surface area contributed by atoms with E-state index in [0.717, 1.165) is 27.3 Å². The maximum absolute atomic E-state index is 11.5. The van der Waals surface area contributed by atoms with E-state index in [9.17, 15) is 25.2 Å². The van der Waals surface area contributed by atoms with Crippen LogP contribution in [0.3, 0.4) is 0 Å². The number of ether oxygens (including phenoxy) is 2. The quantitative estimate of drug-likeness (QED) is 0.0813. The predicted octanol–water partition coefficient (Wildman–Crippen LogP) is 4.28. The molecule has 0 fully saturated rings. The lowest BCUT2D eigenvalue weighted by molar-refractivity contribution is -0.870. The number of carbonyl (C=O) groups is 2. The number of aromatic nitrogens is 2. The average Bonchev–Trinajstić information content (AvgIpc) is 3.54. The van der Waals surface area contributed by atoms with Gasteiger partial charge in [-0.2, -0.15) is 10.5 Å². The number of esters is 1. The maximum atomic E-state index is 11.5. The topological polar surface area (TPSA) is 195 Å². The normalized spacial score (nSPS) is 10.7. The van der Waals surface area contributed by atoms with Crippen LogP contribution in [-0.4, -0.2) is 79.0 Å². The second kappa shape index (κ2) is 18.7. The summed E-state index contributed by atoms with van der Waals surface area (Å²) in [6.07, 6.45) is -0.685. The highest BCUT2D eigenvalue weighted by atomic mass is 35.5. The minimum Gasteiger partial charge on any atom is -0.550 e. The van der Waals surface area contributed by atoms with Crippen molar-refractivity contribution in [3.05, 3.63) is 75.8 Å². The molecule has 12 nitrogen and oxygen atoms in total. The lowest BCUT2D eigenvalue weighted by Crippen LogP contribution is -2.36. The summed E-state index contributed by atoms with van der Waals surface area (Å²) in [5.74, 6) is -1.09. The maximum Gasteiger partial charge on any atom is 0.306 e. The highest BCUT2D eigenvalue weighted by molar-refractivity contribution is 7.98. The summed E-state index contributed by atoms with van der Waals surface area (Å²) < 4.78 is 11.3. The number of nitrogens with zero attached hydrogens (tertiary/aromatic N) is 5. The van der Waals surface area contributed by atoms with Gasteiger partial charge in [-0.05, 0) is 36.2 Å². The van der Waals surface area contributed by atoms with Crippen LogP contribution in [0.25, 0.3) is 21.7 Å². The second-order valence-corrected chi connectivity index (χ2v) is 13.6. The zero-order chi connectivity index (χ0) is 36.0. The van der Waals surface area contributed by atoms with E-state index in [1.807, 2.05) is 17.5 Å². The van der Waals surface area contributed by atoms with Crippen LogP contribution >= 0.6 is 34.7 Å². The molecule has 0 aliphatic heterocycles. The fourth-order valence-electron chi connectivity index (χ4n) is 4.04. The number of carboxylic acid groups (broad SMARTS) is 1. The number of anilines is 1. The summed E-state index contributed by atoms with van der Waals surface area (Å²) in [5, 5.41) is 42.5. The van der Waals surface area contributed by atoms with Gasteiger partial charge in [0.2, 0.25) is 0 Å². The van der Waals surface area contributed by atoms with E-state index in [4.69, 9.17) is 31.9 Å². The van der Waals surface area contributed by atoms with Crippen molar-refractivity contribution in [3.8, 4) is 39.6 Å². The van der Waals surface area contributed by atoms with E-state index in [0.29, 0.717) is 32.7 Å². The van der Waals surface area contributed by atoms with Gasteiger partial charge in [0.25, 0.3) is 0 Å². The molecule has 2 aromatic carbocycles. The lowest BCUT2D eigenvalue weighted by atomic mass is 9.97. The number of nitrogens with two attached hydrogens (primary N) is 1. The Balaban J connectivity index is 0.000000838. The van der Waals surface area contributed by atoms with Crippen molar-refractivity contribution in [2.75, 3.05) is 53.2 Å². The highest BCUT2D eigenvalue weighted by Crippen LogP contribution is 2.37. The van der Waals surface area contributed by atoms with Crippen molar-refractivity contribution in [3.63, 3.8) is 0 Å². The number of halogens is 1. The molecular formula is C34H35ClN6O6S2. The predicted molar refractivity (Wildman–Crippen MR) is 186 cm³/mol. The van der Waals surface area contributed by atoms with Gasteiger partial charge in [-0.1, -0.05) is 47.6 Å². The van der Waals surface area contributed by atoms with Crippen LogP contribution in [0.1, 0.15) is 29.7 Å². The first-order valence-electron chi connectivity index (χ1n) is 14.8. The van der Waals surface area contributed by atoms with E-state index in [1.54, 1.807) is 36.4 Å². The highest BCUT2D eigenvalue weighted by Gasteiger charge is 2.21. The van der Waals surface area contributed by atoms with Gasteiger partial charge in [-0.3, -0.25) is 4.79 Å². The molecule has 0 saturated carbocycles. The second-order valence-electron chi connectivity index (χ2n) is 11.3. The van der Waals surface area contributed by atoms with Crippen molar-refractivity contribution in [2.24, 2.45) is 0 Å². The van der Waals surface area contributed by atoms with Crippen molar-refractivity contribution >= 4 is 52.5 Å². The van der Waals surface area contributed by atoms with Gasteiger partial charge in [0.15, 0.2) is 0 Å². The molecule has 0 unspecified atom stereocenters. The van der Waals surface area contributed by atoms with Crippen LogP contribution in [0.4, 0.5) is 5.82 Å². The third-order valence-corrected chi connectivity index (χ3v) is 8.68. The first kappa shape index (κ1) is 38.7. The molecule has 0 aliphatic carbocycles. The van der Waals surface area contributed by atoms with Crippen molar-refractivity contribution in [2.45, 2.75) is 23.6 Å². The summed E-state index contributed by atoms with van der Waals surface area (Å²) >= 11 is 8.78. The van der Waals surface area contributed by atoms with Gasteiger partial charge in [-0.25, -0.2) is 9.97 Å². The zero-order valence-electron chi connectivity index (χ0n) is 27.1. The Morgan fingerprint density at radius 3 is 2.22 bits per heavy atom. The number of likely N-dealkylation sites (N-methyl/N-ethyl adjacent to an activating group) is 1. The Morgan fingerprint density at radius 1 is 1.00 bits per heavy atom. The fourth-order valence-corrected chi connectivity index (χ4v) is 5.99. The summed E-state index contributed by atoms with van der Waals surface area (Å²) in [5.41, 5.74) is 9.14. The number of thiazole rings is 1. The van der Waals surface area contributed by atoms with Crippen LogP contribution < -0.4 is 15.6 Å². The largest absolute Gasteiger partial charge is 0.550 e. The number of pyridine rings is 1.